The van der Waals surface area contributed by atoms with E-state index < -0.39 is 0 Å². The summed E-state index contributed by atoms with van der Waals surface area (Å²) in [5.74, 6) is 1.95. The summed E-state index contributed by atoms with van der Waals surface area (Å²) in [5, 5.41) is 4.71. The van der Waals surface area contributed by atoms with Gasteiger partial charge in [0, 0.05) is 11.8 Å². The van der Waals surface area contributed by atoms with E-state index in [9.17, 15) is 0 Å². The Hall–Kier alpha value is -2.00. The van der Waals surface area contributed by atoms with Gasteiger partial charge in [-0.1, -0.05) is 18.6 Å². The lowest BCUT2D eigenvalue weighted by Gasteiger charge is -2.14. The topological polar surface area (TPSA) is 38.3 Å². The second kappa shape index (κ2) is 6.19. The summed E-state index contributed by atoms with van der Waals surface area (Å²) in [5.41, 5.74) is 2.19. The third-order valence-electron chi connectivity index (χ3n) is 3.66. The van der Waals surface area contributed by atoms with E-state index in [1.54, 1.807) is 6.26 Å². The maximum absolute atomic E-state index is 6.03. The fraction of sp³-hybridized carbons (Fsp3) is 0.333. The molecule has 1 atom stereocenters. The van der Waals surface area contributed by atoms with Crippen LogP contribution in [0.15, 0.2) is 51.5 Å². The van der Waals surface area contributed by atoms with E-state index >= 15 is 0 Å². The third kappa shape index (κ3) is 3.19. The first-order valence-corrected chi connectivity index (χ1v) is 7.52. The monoisotopic (exact) mass is 283 g/mol. The molecule has 1 unspecified atom stereocenters. The fourth-order valence-corrected chi connectivity index (χ4v) is 2.58. The third-order valence-corrected chi connectivity index (χ3v) is 3.66. The highest BCUT2D eigenvalue weighted by Gasteiger charge is 2.17. The van der Waals surface area contributed by atoms with Gasteiger partial charge in [-0.05, 0) is 50.2 Å². The Bertz CT molecular complexity index is 697. The van der Waals surface area contributed by atoms with E-state index in [0.717, 1.165) is 41.9 Å². The Kier molecular flexibility index (Phi) is 4.11. The van der Waals surface area contributed by atoms with Crippen LogP contribution in [-0.2, 0) is 6.42 Å². The summed E-state index contributed by atoms with van der Waals surface area (Å²) in [6.07, 6.45) is 3.61. The summed E-state index contributed by atoms with van der Waals surface area (Å²) in [7, 11) is 0. The molecule has 0 aliphatic rings. The van der Waals surface area contributed by atoms with Gasteiger partial charge >= 0.3 is 0 Å². The molecule has 3 heteroatoms. The quantitative estimate of drug-likeness (QED) is 0.717. The van der Waals surface area contributed by atoms with Crippen LogP contribution < -0.4 is 5.32 Å². The van der Waals surface area contributed by atoms with Crippen molar-refractivity contribution >= 4 is 11.0 Å². The molecule has 0 fully saturated rings. The molecule has 2 heterocycles. The van der Waals surface area contributed by atoms with Gasteiger partial charge in [0.05, 0.1) is 12.3 Å². The van der Waals surface area contributed by atoms with E-state index in [1.807, 2.05) is 18.2 Å². The Labute approximate surface area is 124 Å². The second-order valence-corrected chi connectivity index (χ2v) is 5.48. The van der Waals surface area contributed by atoms with Crippen molar-refractivity contribution < 1.29 is 8.83 Å². The Morgan fingerprint density at radius 3 is 2.86 bits per heavy atom. The van der Waals surface area contributed by atoms with Crippen LogP contribution >= 0.6 is 0 Å². The van der Waals surface area contributed by atoms with Crippen LogP contribution in [0.5, 0.6) is 0 Å². The van der Waals surface area contributed by atoms with Crippen LogP contribution in [0.4, 0.5) is 0 Å². The van der Waals surface area contributed by atoms with Gasteiger partial charge < -0.3 is 14.2 Å². The van der Waals surface area contributed by atoms with E-state index in [4.69, 9.17) is 8.83 Å². The molecule has 110 valence electrons. The first-order chi connectivity index (χ1) is 10.3. The molecule has 3 aromatic rings. The highest BCUT2D eigenvalue weighted by atomic mass is 16.3. The average molecular weight is 283 g/mol. The van der Waals surface area contributed by atoms with Crippen molar-refractivity contribution in [2.45, 2.75) is 32.7 Å². The molecule has 0 amide bonds. The number of fused-ring (bicyclic) bond motifs is 1. The standard InChI is InChI=1S/C18H21NO2/c1-3-8-19-16(12-15-5-4-9-20-15)18-11-14-10-13(2)6-7-17(14)21-18/h4-7,9-11,16,19H,3,8,12H2,1-2H3. The minimum atomic E-state index is 0.142. The van der Waals surface area contributed by atoms with Gasteiger partial charge in [0.15, 0.2) is 0 Å². The molecule has 1 aromatic carbocycles. The number of furan rings is 2. The highest BCUT2D eigenvalue weighted by Crippen LogP contribution is 2.27. The summed E-state index contributed by atoms with van der Waals surface area (Å²) in [6.45, 7) is 5.22. The summed E-state index contributed by atoms with van der Waals surface area (Å²) < 4.78 is 11.5. The normalized spacial score (nSPS) is 12.9. The van der Waals surface area contributed by atoms with Gasteiger partial charge in [0.2, 0.25) is 0 Å². The van der Waals surface area contributed by atoms with Crippen molar-refractivity contribution in [3.63, 3.8) is 0 Å². The van der Waals surface area contributed by atoms with Gasteiger partial charge in [-0.25, -0.2) is 0 Å². The lowest BCUT2D eigenvalue weighted by molar-refractivity contribution is 0.396. The number of rotatable bonds is 6. The minimum Gasteiger partial charge on any atom is -0.469 e. The zero-order chi connectivity index (χ0) is 14.7. The highest BCUT2D eigenvalue weighted by molar-refractivity contribution is 5.78. The number of hydrogen-bond acceptors (Lipinski definition) is 3. The minimum absolute atomic E-state index is 0.142. The molecule has 0 saturated heterocycles. The van der Waals surface area contributed by atoms with Gasteiger partial charge in [-0.15, -0.1) is 0 Å². The second-order valence-electron chi connectivity index (χ2n) is 5.48. The van der Waals surface area contributed by atoms with Crippen molar-refractivity contribution in [2.75, 3.05) is 6.54 Å². The first-order valence-electron chi connectivity index (χ1n) is 7.52. The van der Waals surface area contributed by atoms with Crippen molar-refractivity contribution in [1.29, 1.82) is 0 Å². The zero-order valence-corrected chi connectivity index (χ0v) is 12.6. The van der Waals surface area contributed by atoms with E-state index in [2.05, 4.69) is 37.4 Å². The molecule has 0 aliphatic carbocycles. The van der Waals surface area contributed by atoms with Crippen molar-refractivity contribution in [3.8, 4) is 0 Å². The van der Waals surface area contributed by atoms with E-state index in [-0.39, 0.29) is 6.04 Å². The summed E-state index contributed by atoms with van der Waals surface area (Å²) in [4.78, 5) is 0. The van der Waals surface area contributed by atoms with Crippen LogP contribution in [0.1, 0.15) is 36.5 Å². The Morgan fingerprint density at radius 1 is 1.19 bits per heavy atom. The molecule has 0 bridgehead atoms. The van der Waals surface area contributed by atoms with Crippen LogP contribution in [0.2, 0.25) is 0 Å². The predicted molar refractivity (Wildman–Crippen MR) is 84.4 cm³/mol. The molecule has 2 aromatic heterocycles. The van der Waals surface area contributed by atoms with Crippen molar-refractivity contribution in [3.05, 3.63) is 59.7 Å². The predicted octanol–water partition coefficient (Wildman–Crippen LogP) is 4.62. The van der Waals surface area contributed by atoms with Gasteiger partial charge in [-0.3, -0.25) is 0 Å². The largest absolute Gasteiger partial charge is 0.469 e. The molecule has 0 radical (unpaired) electrons. The van der Waals surface area contributed by atoms with Crippen molar-refractivity contribution in [1.82, 2.24) is 5.32 Å². The molecule has 21 heavy (non-hydrogen) atoms. The van der Waals surface area contributed by atoms with E-state index in [0.29, 0.717) is 0 Å². The lowest BCUT2D eigenvalue weighted by Crippen LogP contribution is -2.23. The summed E-state index contributed by atoms with van der Waals surface area (Å²) >= 11 is 0. The molecule has 0 saturated carbocycles. The molecule has 0 spiro atoms. The molecular formula is C18H21NO2. The van der Waals surface area contributed by atoms with Gasteiger partial charge in [0.25, 0.3) is 0 Å². The SMILES string of the molecule is CCCNC(Cc1ccco1)c1cc2cc(C)ccc2o1. The molecule has 1 N–H and O–H groups in total. The maximum atomic E-state index is 6.03. The van der Waals surface area contributed by atoms with Crippen molar-refractivity contribution in [2.24, 2.45) is 0 Å². The number of benzene rings is 1. The van der Waals surface area contributed by atoms with Crippen LogP contribution in [-0.4, -0.2) is 6.54 Å². The number of aryl methyl sites for hydroxylation is 1. The molecule has 3 rings (SSSR count). The van der Waals surface area contributed by atoms with Gasteiger partial charge in [-0.2, -0.15) is 0 Å². The zero-order valence-electron chi connectivity index (χ0n) is 12.6. The number of hydrogen-bond donors (Lipinski definition) is 1. The van der Waals surface area contributed by atoms with Crippen LogP contribution in [0.3, 0.4) is 0 Å². The average Bonchev–Trinajstić information content (AvgIpc) is 3.11. The molecule has 3 nitrogen and oxygen atoms in total. The van der Waals surface area contributed by atoms with Crippen LogP contribution in [0.25, 0.3) is 11.0 Å². The van der Waals surface area contributed by atoms with Gasteiger partial charge in [0.1, 0.15) is 17.1 Å². The smallest absolute Gasteiger partial charge is 0.134 e. The lowest BCUT2D eigenvalue weighted by atomic mass is 10.1. The summed E-state index contributed by atoms with van der Waals surface area (Å²) in [6, 6.07) is 12.5. The van der Waals surface area contributed by atoms with Crippen LogP contribution in [0, 0.1) is 6.92 Å². The maximum Gasteiger partial charge on any atom is 0.134 e. The number of nitrogens with one attached hydrogen (secondary N) is 1. The first kappa shape index (κ1) is 14.0. The molecule has 0 aliphatic heterocycles. The fourth-order valence-electron chi connectivity index (χ4n) is 2.58. The van der Waals surface area contributed by atoms with E-state index in [1.165, 1.54) is 5.56 Å². The Balaban J connectivity index is 1.89. The Morgan fingerprint density at radius 2 is 2.10 bits per heavy atom. The molecular weight excluding hydrogens is 262 g/mol.